The maximum Gasteiger partial charge on any atom is 0.129 e. The van der Waals surface area contributed by atoms with Crippen molar-refractivity contribution in [2.24, 2.45) is 0 Å². The Hall–Kier alpha value is -0.600. The van der Waals surface area contributed by atoms with Crippen molar-refractivity contribution >= 4 is 11.6 Å². The number of aromatic nitrogens is 1. The van der Waals surface area contributed by atoms with Gasteiger partial charge in [-0.1, -0.05) is 17.7 Å². The summed E-state index contributed by atoms with van der Waals surface area (Å²) in [6.07, 6.45) is 0. The standard InChI is InChI=1S/C10H14ClNO/c1-10(2,3)13-7-8-5-4-6-9(11)12-8/h4-6H,7H2,1-3H3. The van der Waals surface area contributed by atoms with Gasteiger partial charge in [0.25, 0.3) is 0 Å². The van der Waals surface area contributed by atoms with Gasteiger partial charge in [-0.3, -0.25) is 0 Å². The highest BCUT2D eigenvalue weighted by molar-refractivity contribution is 6.29. The molecule has 2 nitrogen and oxygen atoms in total. The molecule has 0 amide bonds. The van der Waals surface area contributed by atoms with Crippen LogP contribution in [0, 0.1) is 0 Å². The molecule has 0 N–H and O–H groups in total. The molecule has 0 atom stereocenters. The average Bonchev–Trinajstić information content (AvgIpc) is 2.00. The predicted molar refractivity (Wildman–Crippen MR) is 53.8 cm³/mol. The second kappa shape index (κ2) is 4.07. The van der Waals surface area contributed by atoms with Gasteiger partial charge >= 0.3 is 0 Å². The van der Waals surface area contributed by atoms with E-state index in [9.17, 15) is 0 Å². The molecule has 0 spiro atoms. The first-order chi connectivity index (χ1) is 5.97. The second-order valence-electron chi connectivity index (χ2n) is 3.85. The molecule has 13 heavy (non-hydrogen) atoms. The summed E-state index contributed by atoms with van der Waals surface area (Å²) in [5, 5.41) is 0.509. The highest BCUT2D eigenvalue weighted by atomic mass is 35.5. The molecule has 0 saturated heterocycles. The van der Waals surface area contributed by atoms with Crippen LogP contribution < -0.4 is 0 Å². The molecular weight excluding hydrogens is 186 g/mol. The molecule has 72 valence electrons. The van der Waals surface area contributed by atoms with Gasteiger partial charge in [-0.15, -0.1) is 0 Å². The summed E-state index contributed by atoms with van der Waals surface area (Å²) in [6.45, 7) is 6.54. The van der Waals surface area contributed by atoms with E-state index in [1.54, 1.807) is 6.07 Å². The quantitative estimate of drug-likeness (QED) is 0.683. The zero-order valence-corrected chi connectivity index (χ0v) is 8.93. The second-order valence-corrected chi connectivity index (χ2v) is 4.24. The molecule has 0 fully saturated rings. The summed E-state index contributed by atoms with van der Waals surface area (Å²) in [7, 11) is 0. The fourth-order valence-corrected chi connectivity index (χ4v) is 1.00. The average molecular weight is 200 g/mol. The van der Waals surface area contributed by atoms with E-state index >= 15 is 0 Å². The van der Waals surface area contributed by atoms with E-state index < -0.39 is 0 Å². The van der Waals surface area contributed by atoms with Crippen molar-refractivity contribution in [3.05, 3.63) is 29.0 Å². The van der Waals surface area contributed by atoms with Crippen molar-refractivity contribution in [2.45, 2.75) is 33.0 Å². The minimum atomic E-state index is -0.135. The van der Waals surface area contributed by atoms with Gasteiger partial charge in [-0.05, 0) is 32.9 Å². The highest BCUT2D eigenvalue weighted by Gasteiger charge is 2.10. The normalized spacial score (nSPS) is 11.7. The number of rotatable bonds is 2. The number of ether oxygens (including phenoxy) is 1. The van der Waals surface area contributed by atoms with Crippen molar-refractivity contribution < 1.29 is 4.74 Å². The topological polar surface area (TPSA) is 22.1 Å². The summed E-state index contributed by atoms with van der Waals surface area (Å²) in [4.78, 5) is 4.12. The number of pyridine rings is 1. The lowest BCUT2D eigenvalue weighted by atomic mass is 10.2. The van der Waals surface area contributed by atoms with Crippen molar-refractivity contribution in [1.82, 2.24) is 4.98 Å². The van der Waals surface area contributed by atoms with Gasteiger partial charge in [0, 0.05) is 0 Å². The van der Waals surface area contributed by atoms with Crippen LogP contribution in [0.1, 0.15) is 26.5 Å². The number of nitrogens with zero attached hydrogens (tertiary/aromatic N) is 1. The minimum Gasteiger partial charge on any atom is -0.370 e. The molecule has 0 bridgehead atoms. The lowest BCUT2D eigenvalue weighted by Crippen LogP contribution is -2.19. The number of hydrogen-bond acceptors (Lipinski definition) is 2. The molecular formula is C10H14ClNO. The Balaban J connectivity index is 2.55. The van der Waals surface area contributed by atoms with Crippen molar-refractivity contribution in [3.8, 4) is 0 Å². The van der Waals surface area contributed by atoms with Crippen LogP contribution in [-0.4, -0.2) is 10.6 Å². The molecule has 0 saturated carbocycles. The third kappa shape index (κ3) is 4.25. The lowest BCUT2D eigenvalue weighted by Gasteiger charge is -2.18. The van der Waals surface area contributed by atoms with Gasteiger partial charge in [-0.25, -0.2) is 4.98 Å². The Bertz CT molecular complexity index is 280. The zero-order valence-electron chi connectivity index (χ0n) is 8.17. The van der Waals surface area contributed by atoms with Crippen LogP contribution in [0.2, 0.25) is 5.15 Å². The molecule has 0 radical (unpaired) electrons. The highest BCUT2D eigenvalue weighted by Crippen LogP contribution is 2.11. The smallest absolute Gasteiger partial charge is 0.129 e. The lowest BCUT2D eigenvalue weighted by molar-refractivity contribution is -0.0164. The van der Waals surface area contributed by atoms with Crippen molar-refractivity contribution in [1.29, 1.82) is 0 Å². The third-order valence-electron chi connectivity index (χ3n) is 1.43. The maximum atomic E-state index is 5.73. The molecule has 0 aliphatic heterocycles. The van der Waals surface area contributed by atoms with E-state index in [1.165, 1.54) is 0 Å². The van der Waals surface area contributed by atoms with E-state index in [0.29, 0.717) is 11.8 Å². The summed E-state index contributed by atoms with van der Waals surface area (Å²) < 4.78 is 5.55. The van der Waals surface area contributed by atoms with Gasteiger partial charge in [-0.2, -0.15) is 0 Å². The Morgan fingerprint density at radius 3 is 2.62 bits per heavy atom. The first-order valence-corrected chi connectivity index (χ1v) is 4.60. The van der Waals surface area contributed by atoms with Crippen LogP contribution in [-0.2, 0) is 11.3 Å². The fraction of sp³-hybridized carbons (Fsp3) is 0.500. The molecule has 1 aromatic heterocycles. The first kappa shape index (κ1) is 10.5. The minimum absolute atomic E-state index is 0.135. The van der Waals surface area contributed by atoms with Gasteiger partial charge in [0.2, 0.25) is 0 Å². The fourth-order valence-electron chi connectivity index (χ4n) is 0.821. The summed E-state index contributed by atoms with van der Waals surface area (Å²) >= 11 is 5.73. The van der Waals surface area contributed by atoms with Crippen LogP contribution in [0.4, 0.5) is 0 Å². The number of hydrogen-bond donors (Lipinski definition) is 0. The molecule has 1 aromatic rings. The van der Waals surface area contributed by atoms with Crippen molar-refractivity contribution in [3.63, 3.8) is 0 Å². The van der Waals surface area contributed by atoms with E-state index in [-0.39, 0.29) is 5.60 Å². The van der Waals surface area contributed by atoms with Gasteiger partial charge < -0.3 is 4.74 Å². The third-order valence-corrected chi connectivity index (χ3v) is 1.64. The van der Waals surface area contributed by atoms with E-state index in [2.05, 4.69) is 4.98 Å². The van der Waals surface area contributed by atoms with Crippen LogP contribution >= 0.6 is 11.6 Å². The molecule has 0 unspecified atom stereocenters. The largest absolute Gasteiger partial charge is 0.370 e. The molecule has 1 heterocycles. The molecule has 1 rings (SSSR count). The molecule has 0 aliphatic carbocycles. The van der Waals surface area contributed by atoms with Gasteiger partial charge in [0.15, 0.2) is 0 Å². The molecule has 0 aliphatic rings. The van der Waals surface area contributed by atoms with Crippen LogP contribution in [0.15, 0.2) is 18.2 Å². The Labute approximate surface area is 83.9 Å². The van der Waals surface area contributed by atoms with Gasteiger partial charge in [0.1, 0.15) is 5.15 Å². The summed E-state index contributed by atoms with van der Waals surface area (Å²) in [6, 6.07) is 5.52. The molecule has 3 heteroatoms. The SMILES string of the molecule is CC(C)(C)OCc1cccc(Cl)n1. The molecule has 0 aromatic carbocycles. The van der Waals surface area contributed by atoms with Crippen LogP contribution in [0.3, 0.4) is 0 Å². The Kier molecular flexibility index (Phi) is 3.28. The van der Waals surface area contributed by atoms with E-state index in [0.717, 1.165) is 5.69 Å². The van der Waals surface area contributed by atoms with Crippen LogP contribution in [0.25, 0.3) is 0 Å². The van der Waals surface area contributed by atoms with Crippen molar-refractivity contribution in [2.75, 3.05) is 0 Å². The zero-order chi connectivity index (χ0) is 9.90. The summed E-state index contributed by atoms with van der Waals surface area (Å²) in [5.41, 5.74) is 0.728. The van der Waals surface area contributed by atoms with Gasteiger partial charge in [0.05, 0.1) is 17.9 Å². The monoisotopic (exact) mass is 199 g/mol. The first-order valence-electron chi connectivity index (χ1n) is 4.23. The maximum absolute atomic E-state index is 5.73. The van der Waals surface area contributed by atoms with E-state index in [4.69, 9.17) is 16.3 Å². The number of halogens is 1. The summed E-state index contributed by atoms with van der Waals surface area (Å²) in [5.74, 6) is 0. The van der Waals surface area contributed by atoms with Crippen LogP contribution in [0.5, 0.6) is 0 Å². The van der Waals surface area contributed by atoms with E-state index in [1.807, 2.05) is 32.9 Å². The predicted octanol–water partition coefficient (Wildman–Crippen LogP) is 3.05. The Morgan fingerprint density at radius 1 is 1.38 bits per heavy atom. The Morgan fingerprint density at radius 2 is 2.08 bits per heavy atom.